The summed E-state index contributed by atoms with van der Waals surface area (Å²) in [5, 5.41) is 8.71. The van der Waals surface area contributed by atoms with Crippen LogP contribution in [0.15, 0.2) is 29.2 Å². The Bertz CT molecular complexity index is 609. The molecule has 102 valence electrons. The molecule has 1 amide bonds. The van der Waals surface area contributed by atoms with Gasteiger partial charge in [0.25, 0.3) is 5.91 Å². The van der Waals surface area contributed by atoms with E-state index < -0.39 is 27.9 Å². The summed E-state index contributed by atoms with van der Waals surface area (Å²) in [5.41, 5.74) is 2.00. The van der Waals surface area contributed by atoms with Crippen LogP contribution in [-0.2, 0) is 19.7 Å². The maximum absolute atomic E-state index is 11.9. The minimum Gasteiger partial charge on any atom is -0.478 e. The second kappa shape index (κ2) is 4.96. The average molecular weight is 286 g/mol. The van der Waals surface area contributed by atoms with Crippen LogP contribution in [0.25, 0.3) is 0 Å². The van der Waals surface area contributed by atoms with Gasteiger partial charge < -0.3 is 5.11 Å². The van der Waals surface area contributed by atoms with Crippen LogP contribution in [0.4, 0.5) is 0 Å². The summed E-state index contributed by atoms with van der Waals surface area (Å²) in [4.78, 5) is 26.3. The minimum absolute atomic E-state index is 0.0270. The van der Waals surface area contributed by atoms with Gasteiger partial charge in [0, 0.05) is 0 Å². The molecule has 1 aliphatic rings. The SMILES string of the molecule is O=C(O)c1ccc(S(=O)(=O)N[C@@H]2CONC2=O)cc1. The van der Waals surface area contributed by atoms with E-state index in [-0.39, 0.29) is 17.1 Å². The number of sulfonamides is 1. The highest BCUT2D eigenvalue weighted by atomic mass is 32.2. The molecular formula is C10H10N2O6S. The zero-order valence-corrected chi connectivity index (χ0v) is 10.3. The largest absolute Gasteiger partial charge is 0.478 e. The van der Waals surface area contributed by atoms with Gasteiger partial charge in [0.1, 0.15) is 12.6 Å². The number of hydrogen-bond donors (Lipinski definition) is 3. The first-order valence-corrected chi connectivity index (χ1v) is 6.66. The van der Waals surface area contributed by atoms with Gasteiger partial charge >= 0.3 is 5.97 Å². The highest BCUT2D eigenvalue weighted by Gasteiger charge is 2.30. The summed E-state index contributed by atoms with van der Waals surface area (Å²) >= 11 is 0. The topological polar surface area (TPSA) is 122 Å². The molecule has 0 aliphatic carbocycles. The molecule has 0 radical (unpaired) electrons. The minimum atomic E-state index is -3.90. The molecule has 0 aromatic heterocycles. The van der Waals surface area contributed by atoms with Gasteiger partial charge in [-0.2, -0.15) is 4.72 Å². The van der Waals surface area contributed by atoms with E-state index in [1.165, 1.54) is 12.1 Å². The Morgan fingerprint density at radius 3 is 2.47 bits per heavy atom. The van der Waals surface area contributed by atoms with E-state index in [1.54, 1.807) is 0 Å². The molecule has 1 heterocycles. The third-order valence-electron chi connectivity index (χ3n) is 2.45. The molecule has 19 heavy (non-hydrogen) atoms. The molecule has 1 aromatic carbocycles. The molecule has 1 atom stereocenters. The molecule has 1 saturated heterocycles. The second-order valence-corrected chi connectivity index (χ2v) is 5.49. The van der Waals surface area contributed by atoms with E-state index >= 15 is 0 Å². The molecule has 0 bridgehead atoms. The molecule has 3 N–H and O–H groups in total. The van der Waals surface area contributed by atoms with Gasteiger partial charge in [0.05, 0.1) is 10.5 Å². The Morgan fingerprint density at radius 1 is 1.37 bits per heavy atom. The van der Waals surface area contributed by atoms with Gasteiger partial charge in [-0.1, -0.05) is 0 Å². The summed E-state index contributed by atoms with van der Waals surface area (Å²) in [6.45, 7) is -0.106. The van der Waals surface area contributed by atoms with Crippen LogP contribution in [-0.4, -0.2) is 38.0 Å². The van der Waals surface area contributed by atoms with Crippen molar-refractivity contribution in [1.29, 1.82) is 0 Å². The quantitative estimate of drug-likeness (QED) is 0.659. The van der Waals surface area contributed by atoms with E-state index in [1.807, 2.05) is 5.48 Å². The van der Waals surface area contributed by atoms with Crippen molar-refractivity contribution in [3.05, 3.63) is 29.8 Å². The van der Waals surface area contributed by atoms with Gasteiger partial charge in [-0.3, -0.25) is 9.63 Å². The molecular weight excluding hydrogens is 276 g/mol. The van der Waals surface area contributed by atoms with Crippen LogP contribution < -0.4 is 10.2 Å². The number of rotatable bonds is 4. The predicted octanol–water partition coefficient (Wildman–Crippen LogP) is -0.907. The van der Waals surface area contributed by atoms with Crippen LogP contribution in [0.1, 0.15) is 10.4 Å². The van der Waals surface area contributed by atoms with E-state index in [0.717, 1.165) is 12.1 Å². The first-order valence-electron chi connectivity index (χ1n) is 5.17. The van der Waals surface area contributed by atoms with Crippen LogP contribution >= 0.6 is 0 Å². The fourth-order valence-corrected chi connectivity index (χ4v) is 2.64. The Balaban J connectivity index is 2.19. The Labute approximate surface area is 108 Å². The van der Waals surface area contributed by atoms with Crippen molar-refractivity contribution < 1.29 is 28.0 Å². The zero-order valence-electron chi connectivity index (χ0n) is 9.49. The zero-order chi connectivity index (χ0) is 14.0. The standard InChI is InChI=1S/C10H10N2O6S/c13-9-8(5-18-11-9)12-19(16,17)7-3-1-6(2-4-7)10(14)15/h1-4,8,12H,5H2,(H,11,13)(H,14,15)/t8-/m1/s1. The molecule has 9 heteroatoms. The summed E-state index contributed by atoms with van der Waals surface area (Å²) in [5.74, 6) is -1.73. The lowest BCUT2D eigenvalue weighted by atomic mass is 10.2. The van der Waals surface area contributed by atoms with Crippen molar-refractivity contribution in [3.63, 3.8) is 0 Å². The van der Waals surface area contributed by atoms with Crippen molar-refractivity contribution in [1.82, 2.24) is 10.2 Å². The van der Waals surface area contributed by atoms with E-state index in [4.69, 9.17) is 5.11 Å². The molecule has 2 rings (SSSR count). The maximum atomic E-state index is 11.9. The van der Waals surface area contributed by atoms with Crippen molar-refractivity contribution in [2.45, 2.75) is 10.9 Å². The number of carbonyl (C=O) groups is 2. The molecule has 0 unspecified atom stereocenters. The fourth-order valence-electron chi connectivity index (χ4n) is 1.46. The van der Waals surface area contributed by atoms with Gasteiger partial charge in [-0.25, -0.2) is 18.7 Å². The average Bonchev–Trinajstić information content (AvgIpc) is 2.74. The van der Waals surface area contributed by atoms with Crippen molar-refractivity contribution in [3.8, 4) is 0 Å². The number of benzene rings is 1. The number of hydrogen-bond acceptors (Lipinski definition) is 5. The molecule has 0 saturated carbocycles. The highest BCUT2D eigenvalue weighted by Crippen LogP contribution is 2.12. The van der Waals surface area contributed by atoms with Crippen LogP contribution in [0.2, 0.25) is 0 Å². The lowest BCUT2D eigenvalue weighted by Gasteiger charge is -2.09. The second-order valence-electron chi connectivity index (χ2n) is 3.78. The predicted molar refractivity (Wildman–Crippen MR) is 61.6 cm³/mol. The number of nitrogens with one attached hydrogen (secondary N) is 2. The number of carboxylic acids is 1. The fraction of sp³-hybridized carbons (Fsp3) is 0.200. The van der Waals surface area contributed by atoms with Crippen LogP contribution in [0, 0.1) is 0 Å². The molecule has 0 spiro atoms. The number of hydroxylamine groups is 1. The molecule has 8 nitrogen and oxygen atoms in total. The van der Waals surface area contributed by atoms with Gasteiger partial charge in [-0.05, 0) is 24.3 Å². The van der Waals surface area contributed by atoms with Crippen molar-refractivity contribution in [2.24, 2.45) is 0 Å². The molecule has 1 aliphatic heterocycles. The Morgan fingerprint density at radius 2 is 2.00 bits per heavy atom. The highest BCUT2D eigenvalue weighted by molar-refractivity contribution is 7.89. The van der Waals surface area contributed by atoms with Crippen molar-refractivity contribution in [2.75, 3.05) is 6.61 Å². The summed E-state index contributed by atoms with van der Waals surface area (Å²) in [6, 6.07) is 3.65. The summed E-state index contributed by atoms with van der Waals surface area (Å²) < 4.78 is 26.0. The lowest BCUT2D eigenvalue weighted by Crippen LogP contribution is -2.41. The Hall–Kier alpha value is -1.97. The summed E-state index contributed by atoms with van der Waals surface area (Å²) in [6.07, 6.45) is 0. The van der Waals surface area contributed by atoms with Gasteiger partial charge in [0.2, 0.25) is 10.0 Å². The first-order chi connectivity index (χ1) is 8.90. The third-order valence-corrected chi connectivity index (χ3v) is 3.94. The van der Waals surface area contributed by atoms with E-state index in [9.17, 15) is 18.0 Å². The van der Waals surface area contributed by atoms with Gasteiger partial charge in [-0.15, -0.1) is 0 Å². The lowest BCUT2D eigenvalue weighted by molar-refractivity contribution is -0.124. The van der Waals surface area contributed by atoms with E-state index in [2.05, 4.69) is 9.56 Å². The van der Waals surface area contributed by atoms with E-state index in [0.29, 0.717) is 0 Å². The number of aromatic carboxylic acids is 1. The molecule has 1 aromatic rings. The van der Waals surface area contributed by atoms with Crippen molar-refractivity contribution >= 4 is 21.9 Å². The van der Waals surface area contributed by atoms with Crippen LogP contribution in [0.3, 0.4) is 0 Å². The maximum Gasteiger partial charge on any atom is 0.335 e. The Kier molecular flexibility index (Phi) is 3.51. The number of carboxylic acid groups (broad SMARTS) is 1. The smallest absolute Gasteiger partial charge is 0.335 e. The monoisotopic (exact) mass is 286 g/mol. The molecule has 1 fully saturated rings. The normalized spacial score (nSPS) is 19.2. The third kappa shape index (κ3) is 2.89. The van der Waals surface area contributed by atoms with Crippen LogP contribution in [0.5, 0.6) is 0 Å². The number of amides is 1. The first kappa shape index (κ1) is 13.5. The number of carbonyl (C=O) groups excluding carboxylic acids is 1. The summed E-state index contributed by atoms with van der Waals surface area (Å²) in [7, 11) is -3.90. The van der Waals surface area contributed by atoms with Gasteiger partial charge in [0.15, 0.2) is 0 Å².